The van der Waals surface area contributed by atoms with Gasteiger partial charge >= 0.3 is 12.4 Å². The van der Waals surface area contributed by atoms with Crippen LogP contribution < -0.4 is 4.74 Å². The highest BCUT2D eigenvalue weighted by molar-refractivity contribution is 5.78. The molecule has 1 unspecified atom stereocenters. The largest absolute Gasteiger partial charge is 0.466 e. The van der Waals surface area contributed by atoms with Crippen LogP contribution in [-0.4, -0.2) is 29.3 Å². The van der Waals surface area contributed by atoms with Gasteiger partial charge in [0.15, 0.2) is 0 Å². The summed E-state index contributed by atoms with van der Waals surface area (Å²) in [6, 6.07) is 6.65. The van der Waals surface area contributed by atoms with E-state index in [0.29, 0.717) is 18.8 Å². The summed E-state index contributed by atoms with van der Waals surface area (Å²) in [7, 11) is 0. The Bertz CT molecular complexity index is 385. The molecule has 0 aliphatic heterocycles. The molecule has 2 N–H and O–H groups in total. The van der Waals surface area contributed by atoms with Crippen molar-refractivity contribution in [2.24, 2.45) is 0 Å². The van der Waals surface area contributed by atoms with Crippen LogP contribution >= 0.6 is 0 Å². The summed E-state index contributed by atoms with van der Waals surface area (Å²) in [5, 5.41) is 17.4. The Labute approximate surface area is 112 Å². The van der Waals surface area contributed by atoms with E-state index in [9.17, 15) is 4.79 Å². The average molecular weight is 268 g/mol. The van der Waals surface area contributed by atoms with Crippen LogP contribution in [0.2, 0.25) is 0 Å². The van der Waals surface area contributed by atoms with Crippen molar-refractivity contribution in [2.45, 2.75) is 39.1 Å². The van der Waals surface area contributed by atoms with Gasteiger partial charge in [-0.2, -0.15) is 0 Å². The van der Waals surface area contributed by atoms with E-state index in [1.54, 1.807) is 31.2 Å². The second-order valence-electron chi connectivity index (χ2n) is 4.11. The first-order valence-corrected chi connectivity index (χ1v) is 6.37. The minimum absolute atomic E-state index is 0.236. The van der Waals surface area contributed by atoms with Gasteiger partial charge in [0, 0.05) is 0 Å². The number of carbonyl (C=O) groups excluding carboxylic acids is 1. The van der Waals surface area contributed by atoms with E-state index < -0.39 is 6.48 Å². The second kappa shape index (κ2) is 7.76. The SMILES string of the molecule is CCCC(C(=O)OCC)c1ccc(OC(O)O)cc1. The molecular weight excluding hydrogens is 248 g/mol. The zero-order valence-corrected chi connectivity index (χ0v) is 11.2. The second-order valence-corrected chi connectivity index (χ2v) is 4.11. The number of rotatable bonds is 7. The predicted octanol–water partition coefficient (Wildman–Crippen LogP) is 1.78. The number of hydrogen-bond donors (Lipinski definition) is 2. The van der Waals surface area contributed by atoms with Gasteiger partial charge in [-0.3, -0.25) is 4.79 Å². The first-order chi connectivity index (χ1) is 9.08. The van der Waals surface area contributed by atoms with Gasteiger partial charge in [-0.25, -0.2) is 0 Å². The topological polar surface area (TPSA) is 76.0 Å². The van der Waals surface area contributed by atoms with Crippen molar-refractivity contribution in [3.05, 3.63) is 29.8 Å². The number of esters is 1. The first-order valence-electron chi connectivity index (χ1n) is 6.37. The van der Waals surface area contributed by atoms with Crippen LogP contribution in [0.25, 0.3) is 0 Å². The highest BCUT2D eigenvalue weighted by Gasteiger charge is 2.20. The van der Waals surface area contributed by atoms with Crippen LogP contribution in [0, 0.1) is 0 Å². The molecule has 106 valence electrons. The summed E-state index contributed by atoms with van der Waals surface area (Å²) < 4.78 is 9.77. The Morgan fingerprint density at radius 3 is 2.32 bits per heavy atom. The lowest BCUT2D eigenvalue weighted by molar-refractivity contribution is -0.179. The number of ether oxygens (including phenoxy) is 2. The predicted molar refractivity (Wildman–Crippen MR) is 69.6 cm³/mol. The summed E-state index contributed by atoms with van der Waals surface area (Å²) in [5.74, 6) is -0.198. The van der Waals surface area contributed by atoms with Gasteiger partial charge in [-0.05, 0) is 31.0 Å². The minimum Gasteiger partial charge on any atom is -0.466 e. The zero-order valence-electron chi connectivity index (χ0n) is 11.2. The van der Waals surface area contributed by atoms with E-state index in [4.69, 9.17) is 19.7 Å². The van der Waals surface area contributed by atoms with Crippen LogP contribution in [0.4, 0.5) is 0 Å². The van der Waals surface area contributed by atoms with Crippen LogP contribution in [-0.2, 0) is 9.53 Å². The van der Waals surface area contributed by atoms with Crippen molar-refractivity contribution in [3.8, 4) is 5.75 Å². The molecule has 0 aliphatic carbocycles. The summed E-state index contributed by atoms with van der Waals surface area (Å²) in [6.07, 6.45) is 1.58. The Hall–Kier alpha value is -1.59. The van der Waals surface area contributed by atoms with Gasteiger partial charge in [-0.15, -0.1) is 0 Å². The molecule has 0 heterocycles. The van der Waals surface area contributed by atoms with E-state index in [1.807, 2.05) is 6.92 Å². The van der Waals surface area contributed by atoms with E-state index in [1.165, 1.54) is 0 Å². The van der Waals surface area contributed by atoms with Crippen LogP contribution in [0.5, 0.6) is 5.75 Å². The standard InChI is InChI=1S/C14H20O5/c1-3-5-12(13(15)18-4-2)10-6-8-11(9-7-10)19-14(16)17/h6-9,12,14,16-17H,3-5H2,1-2H3. The molecule has 0 saturated carbocycles. The molecule has 0 saturated heterocycles. The Kier molecular flexibility index (Phi) is 6.32. The maximum absolute atomic E-state index is 11.9. The van der Waals surface area contributed by atoms with Crippen molar-refractivity contribution in [2.75, 3.05) is 6.61 Å². The van der Waals surface area contributed by atoms with Crippen molar-refractivity contribution >= 4 is 5.97 Å². The lowest BCUT2D eigenvalue weighted by Crippen LogP contribution is -2.16. The first kappa shape index (κ1) is 15.5. The quantitative estimate of drug-likeness (QED) is 0.582. The molecule has 0 fully saturated rings. The number of aliphatic hydroxyl groups excluding tert-OH is 1. The van der Waals surface area contributed by atoms with Crippen molar-refractivity contribution < 1.29 is 24.5 Å². The lowest BCUT2D eigenvalue weighted by Gasteiger charge is -2.16. The van der Waals surface area contributed by atoms with Gasteiger partial charge in [0.2, 0.25) is 0 Å². The highest BCUT2D eigenvalue weighted by Crippen LogP contribution is 2.25. The third kappa shape index (κ3) is 4.89. The third-order valence-electron chi connectivity index (χ3n) is 2.67. The molecule has 0 bridgehead atoms. The molecule has 5 heteroatoms. The van der Waals surface area contributed by atoms with Gasteiger partial charge in [0.1, 0.15) is 5.75 Å². The number of carbonyl (C=O) groups is 1. The molecule has 19 heavy (non-hydrogen) atoms. The Morgan fingerprint density at radius 1 is 1.21 bits per heavy atom. The highest BCUT2D eigenvalue weighted by atomic mass is 16.7. The molecule has 1 aromatic rings. The van der Waals surface area contributed by atoms with Gasteiger partial charge in [0.25, 0.3) is 0 Å². The normalized spacial score (nSPS) is 12.3. The molecule has 1 atom stereocenters. The van der Waals surface area contributed by atoms with Crippen molar-refractivity contribution in [1.29, 1.82) is 0 Å². The summed E-state index contributed by atoms with van der Waals surface area (Å²) >= 11 is 0. The van der Waals surface area contributed by atoms with Crippen molar-refractivity contribution in [1.82, 2.24) is 0 Å². The molecular formula is C14H20O5. The van der Waals surface area contributed by atoms with E-state index in [2.05, 4.69) is 0 Å². The number of hydrogen-bond acceptors (Lipinski definition) is 5. The van der Waals surface area contributed by atoms with Crippen LogP contribution in [0.1, 0.15) is 38.2 Å². The lowest BCUT2D eigenvalue weighted by atomic mass is 9.94. The van der Waals surface area contributed by atoms with Crippen LogP contribution in [0.3, 0.4) is 0 Å². The zero-order chi connectivity index (χ0) is 14.3. The molecule has 0 amide bonds. The summed E-state index contributed by atoms with van der Waals surface area (Å²) in [5.41, 5.74) is 0.833. The minimum atomic E-state index is -1.85. The van der Waals surface area contributed by atoms with Gasteiger partial charge < -0.3 is 19.7 Å². The molecule has 0 aliphatic rings. The summed E-state index contributed by atoms with van der Waals surface area (Å²) in [6.45, 7) is 2.30. The third-order valence-corrected chi connectivity index (χ3v) is 2.67. The van der Waals surface area contributed by atoms with Gasteiger partial charge in [0.05, 0.1) is 12.5 Å². The monoisotopic (exact) mass is 268 g/mol. The number of aliphatic hydroxyl groups is 2. The fourth-order valence-electron chi connectivity index (χ4n) is 1.85. The fraction of sp³-hybridized carbons (Fsp3) is 0.500. The maximum Gasteiger partial charge on any atom is 0.313 e. The van der Waals surface area contributed by atoms with Gasteiger partial charge in [-0.1, -0.05) is 25.5 Å². The van der Waals surface area contributed by atoms with Crippen LogP contribution in [0.15, 0.2) is 24.3 Å². The molecule has 1 aromatic carbocycles. The van der Waals surface area contributed by atoms with Crippen molar-refractivity contribution in [3.63, 3.8) is 0 Å². The Balaban J connectivity index is 2.81. The fourth-order valence-corrected chi connectivity index (χ4v) is 1.85. The number of benzene rings is 1. The van der Waals surface area contributed by atoms with E-state index >= 15 is 0 Å². The summed E-state index contributed by atoms with van der Waals surface area (Å²) in [4.78, 5) is 11.9. The Morgan fingerprint density at radius 2 is 1.84 bits per heavy atom. The molecule has 0 aromatic heterocycles. The van der Waals surface area contributed by atoms with E-state index in [-0.39, 0.29) is 11.9 Å². The smallest absolute Gasteiger partial charge is 0.313 e. The molecule has 0 spiro atoms. The maximum atomic E-state index is 11.9. The molecule has 5 nitrogen and oxygen atoms in total. The van der Waals surface area contributed by atoms with E-state index in [0.717, 1.165) is 12.0 Å². The molecule has 0 radical (unpaired) electrons. The average Bonchev–Trinajstić information content (AvgIpc) is 2.36. The molecule has 1 rings (SSSR count).